The van der Waals surface area contributed by atoms with E-state index >= 15 is 0 Å². The monoisotopic (exact) mass is 344 g/mol. The number of methoxy groups -OCH3 is 2. The Labute approximate surface area is 147 Å². The Bertz CT molecular complexity index is 675. The maximum atomic E-state index is 10.6. The molecule has 0 amide bonds. The number of nitrogens with zero attached hydrogens (tertiary/aromatic N) is 4. The van der Waals surface area contributed by atoms with Crippen molar-refractivity contribution in [3.05, 3.63) is 42.2 Å². The Balaban J connectivity index is 1.57. The molecule has 134 valence electrons. The van der Waals surface area contributed by atoms with Crippen LogP contribution in [0.5, 0.6) is 11.5 Å². The predicted molar refractivity (Wildman–Crippen MR) is 95.2 cm³/mol. The van der Waals surface area contributed by atoms with Gasteiger partial charge >= 0.3 is 0 Å². The summed E-state index contributed by atoms with van der Waals surface area (Å²) in [5.41, 5.74) is 0.825. The zero-order chi connectivity index (χ0) is 17.6. The molecule has 2 aromatic rings. The summed E-state index contributed by atoms with van der Waals surface area (Å²) in [6, 6.07) is 7.35. The smallest absolute Gasteiger partial charge is 0.225 e. The predicted octanol–water partition coefficient (Wildman–Crippen LogP) is 1.35. The molecule has 1 atom stereocenters. The van der Waals surface area contributed by atoms with E-state index in [0.29, 0.717) is 18.0 Å². The van der Waals surface area contributed by atoms with Crippen LogP contribution in [-0.4, -0.2) is 66.9 Å². The van der Waals surface area contributed by atoms with E-state index in [1.807, 2.05) is 24.3 Å². The van der Waals surface area contributed by atoms with Gasteiger partial charge in [-0.05, 0) is 23.8 Å². The minimum atomic E-state index is -0.570. The van der Waals surface area contributed by atoms with E-state index in [-0.39, 0.29) is 0 Å². The second-order valence-corrected chi connectivity index (χ2v) is 5.97. The SMILES string of the molecule is COc1ccc(C(O)CN2CCN(c3ncccn3)CC2)cc1OC. The molecule has 7 heteroatoms. The van der Waals surface area contributed by atoms with Crippen molar-refractivity contribution in [3.63, 3.8) is 0 Å². The molecule has 1 fully saturated rings. The van der Waals surface area contributed by atoms with Gasteiger partial charge in [-0.25, -0.2) is 9.97 Å². The van der Waals surface area contributed by atoms with Crippen LogP contribution < -0.4 is 14.4 Å². The molecular weight excluding hydrogens is 320 g/mol. The summed E-state index contributed by atoms with van der Waals surface area (Å²) in [4.78, 5) is 13.0. The van der Waals surface area contributed by atoms with Crippen LogP contribution in [0.2, 0.25) is 0 Å². The van der Waals surface area contributed by atoms with Crippen LogP contribution in [0.1, 0.15) is 11.7 Å². The quantitative estimate of drug-likeness (QED) is 0.848. The zero-order valence-electron chi connectivity index (χ0n) is 14.6. The molecule has 0 aliphatic carbocycles. The molecule has 3 rings (SSSR count). The molecule has 25 heavy (non-hydrogen) atoms. The molecule has 1 aliphatic heterocycles. The molecule has 0 radical (unpaired) electrons. The molecule has 0 saturated carbocycles. The van der Waals surface area contributed by atoms with Crippen LogP contribution in [0, 0.1) is 0 Å². The van der Waals surface area contributed by atoms with Crippen molar-refractivity contribution in [1.82, 2.24) is 14.9 Å². The maximum Gasteiger partial charge on any atom is 0.225 e. The van der Waals surface area contributed by atoms with Gasteiger partial charge in [-0.2, -0.15) is 0 Å². The number of hydrogen-bond acceptors (Lipinski definition) is 7. The van der Waals surface area contributed by atoms with Crippen molar-refractivity contribution in [2.24, 2.45) is 0 Å². The number of rotatable bonds is 6. The number of benzene rings is 1. The van der Waals surface area contributed by atoms with Crippen molar-refractivity contribution in [2.45, 2.75) is 6.10 Å². The van der Waals surface area contributed by atoms with Crippen LogP contribution in [-0.2, 0) is 0 Å². The number of piperazine rings is 1. The van der Waals surface area contributed by atoms with Crippen molar-refractivity contribution in [3.8, 4) is 11.5 Å². The number of aliphatic hydroxyl groups excluding tert-OH is 1. The third-order valence-corrected chi connectivity index (χ3v) is 4.43. The standard InChI is InChI=1S/C18H24N4O3/c1-24-16-5-4-14(12-17(16)25-2)15(23)13-21-8-10-22(11-9-21)18-19-6-3-7-20-18/h3-7,12,15,23H,8-11,13H2,1-2H3. The van der Waals surface area contributed by atoms with Crippen LogP contribution in [0.25, 0.3) is 0 Å². The average Bonchev–Trinajstić information content (AvgIpc) is 2.68. The average molecular weight is 344 g/mol. The Morgan fingerprint density at radius 2 is 1.72 bits per heavy atom. The summed E-state index contributed by atoms with van der Waals surface area (Å²) in [6.07, 6.45) is 2.95. The normalized spacial score (nSPS) is 16.5. The highest BCUT2D eigenvalue weighted by atomic mass is 16.5. The fraction of sp³-hybridized carbons (Fsp3) is 0.444. The summed E-state index contributed by atoms with van der Waals surface area (Å²) in [7, 11) is 3.20. The van der Waals surface area contributed by atoms with E-state index in [1.54, 1.807) is 26.6 Å². The summed E-state index contributed by atoms with van der Waals surface area (Å²) in [5.74, 6) is 2.06. The van der Waals surface area contributed by atoms with E-state index in [1.165, 1.54) is 0 Å². The Hall–Kier alpha value is -2.38. The highest BCUT2D eigenvalue weighted by Crippen LogP contribution is 2.30. The number of aromatic nitrogens is 2. The maximum absolute atomic E-state index is 10.6. The third kappa shape index (κ3) is 4.18. The fourth-order valence-electron chi connectivity index (χ4n) is 3.00. The number of anilines is 1. The molecule has 0 bridgehead atoms. The van der Waals surface area contributed by atoms with Gasteiger partial charge in [-0.15, -0.1) is 0 Å². The van der Waals surface area contributed by atoms with Gasteiger partial charge in [-0.1, -0.05) is 6.07 Å². The molecular formula is C18H24N4O3. The number of aliphatic hydroxyl groups is 1. The topological polar surface area (TPSA) is 71.0 Å². The summed E-state index contributed by atoms with van der Waals surface area (Å²) in [5, 5.41) is 10.6. The van der Waals surface area contributed by atoms with E-state index in [4.69, 9.17) is 9.47 Å². The molecule has 1 unspecified atom stereocenters. The van der Waals surface area contributed by atoms with E-state index in [0.717, 1.165) is 37.7 Å². The summed E-state index contributed by atoms with van der Waals surface area (Å²) in [6.45, 7) is 4.01. The first-order chi connectivity index (χ1) is 12.2. The Morgan fingerprint density at radius 1 is 1.04 bits per heavy atom. The molecule has 1 aliphatic rings. The van der Waals surface area contributed by atoms with Crippen molar-refractivity contribution in [2.75, 3.05) is 51.8 Å². The first-order valence-electron chi connectivity index (χ1n) is 8.35. The first-order valence-corrected chi connectivity index (χ1v) is 8.35. The molecule has 1 saturated heterocycles. The van der Waals surface area contributed by atoms with Gasteiger partial charge < -0.3 is 19.5 Å². The number of hydrogen-bond donors (Lipinski definition) is 1. The van der Waals surface area contributed by atoms with Crippen LogP contribution in [0.3, 0.4) is 0 Å². The van der Waals surface area contributed by atoms with Crippen LogP contribution in [0.4, 0.5) is 5.95 Å². The van der Waals surface area contributed by atoms with Gasteiger partial charge in [0.15, 0.2) is 11.5 Å². The third-order valence-electron chi connectivity index (χ3n) is 4.43. The van der Waals surface area contributed by atoms with Crippen LogP contribution in [0.15, 0.2) is 36.7 Å². The molecule has 7 nitrogen and oxygen atoms in total. The highest BCUT2D eigenvalue weighted by molar-refractivity contribution is 5.43. The van der Waals surface area contributed by atoms with Gasteiger partial charge in [-0.3, -0.25) is 4.90 Å². The molecule has 1 aromatic carbocycles. The minimum absolute atomic E-state index is 0.570. The lowest BCUT2D eigenvalue weighted by Crippen LogP contribution is -2.48. The highest BCUT2D eigenvalue weighted by Gasteiger charge is 2.21. The fourth-order valence-corrected chi connectivity index (χ4v) is 3.00. The second-order valence-electron chi connectivity index (χ2n) is 5.97. The Morgan fingerprint density at radius 3 is 2.36 bits per heavy atom. The Kier molecular flexibility index (Phi) is 5.67. The van der Waals surface area contributed by atoms with Gasteiger partial charge in [0.05, 0.1) is 20.3 Å². The van der Waals surface area contributed by atoms with Gasteiger partial charge in [0.1, 0.15) is 0 Å². The van der Waals surface area contributed by atoms with Gasteiger partial charge in [0.25, 0.3) is 0 Å². The van der Waals surface area contributed by atoms with Gasteiger partial charge in [0.2, 0.25) is 5.95 Å². The molecule has 2 heterocycles. The summed E-state index contributed by atoms with van der Waals surface area (Å²) >= 11 is 0. The van der Waals surface area contributed by atoms with E-state index < -0.39 is 6.10 Å². The molecule has 0 spiro atoms. The van der Waals surface area contributed by atoms with Crippen LogP contribution >= 0.6 is 0 Å². The van der Waals surface area contributed by atoms with Crippen molar-refractivity contribution in [1.29, 1.82) is 0 Å². The molecule has 1 N–H and O–H groups in total. The minimum Gasteiger partial charge on any atom is -0.493 e. The second kappa shape index (κ2) is 8.13. The van der Waals surface area contributed by atoms with Crippen molar-refractivity contribution < 1.29 is 14.6 Å². The number of ether oxygens (including phenoxy) is 2. The lowest BCUT2D eigenvalue weighted by atomic mass is 10.1. The first kappa shape index (κ1) is 17.4. The zero-order valence-corrected chi connectivity index (χ0v) is 14.6. The lowest BCUT2D eigenvalue weighted by Gasteiger charge is -2.35. The lowest BCUT2D eigenvalue weighted by molar-refractivity contribution is 0.109. The number of β-amino-alcohol motifs (C(OH)–C–C–N with tert-alkyl or cyclic N) is 1. The van der Waals surface area contributed by atoms with E-state index in [9.17, 15) is 5.11 Å². The van der Waals surface area contributed by atoms with Crippen molar-refractivity contribution >= 4 is 5.95 Å². The largest absolute Gasteiger partial charge is 0.493 e. The van der Waals surface area contributed by atoms with Gasteiger partial charge in [0, 0.05) is 45.1 Å². The molecule has 1 aromatic heterocycles. The van der Waals surface area contributed by atoms with E-state index in [2.05, 4.69) is 19.8 Å². The summed E-state index contributed by atoms with van der Waals surface area (Å²) < 4.78 is 10.6.